The van der Waals surface area contributed by atoms with Crippen LogP contribution in [-0.2, 0) is 0 Å². The van der Waals surface area contributed by atoms with E-state index in [4.69, 9.17) is 0 Å². The smallest absolute Gasteiger partial charge is 0.271 e. The molecule has 1 aliphatic heterocycles. The van der Waals surface area contributed by atoms with Crippen molar-refractivity contribution in [2.75, 3.05) is 32.7 Å². The van der Waals surface area contributed by atoms with Gasteiger partial charge in [0.25, 0.3) is 5.91 Å². The van der Waals surface area contributed by atoms with Gasteiger partial charge in [-0.15, -0.1) is 0 Å². The molecule has 0 aliphatic carbocycles. The zero-order valence-corrected chi connectivity index (χ0v) is 15.4. The summed E-state index contributed by atoms with van der Waals surface area (Å²) in [7, 11) is 0. The fourth-order valence-electron chi connectivity index (χ4n) is 3.25. The minimum Gasteiger partial charge on any atom is -0.348 e. The maximum Gasteiger partial charge on any atom is 0.271 e. The van der Waals surface area contributed by atoms with Crippen LogP contribution in [-0.4, -0.2) is 59.4 Å². The number of nitrogens with one attached hydrogen (secondary N) is 2. The lowest BCUT2D eigenvalue weighted by Gasteiger charge is -2.23. The second-order valence-electron chi connectivity index (χ2n) is 6.72. The van der Waals surface area contributed by atoms with Crippen molar-refractivity contribution in [3.8, 4) is 0 Å². The Kier molecular flexibility index (Phi) is 7.72. The van der Waals surface area contributed by atoms with Crippen molar-refractivity contribution in [3.05, 3.63) is 18.0 Å². The molecule has 1 amide bonds. The van der Waals surface area contributed by atoms with Gasteiger partial charge in [-0.05, 0) is 64.9 Å². The predicted molar refractivity (Wildman–Crippen MR) is 97.3 cm³/mol. The molecule has 0 radical (unpaired) electrons. The molecule has 2 atom stereocenters. The van der Waals surface area contributed by atoms with E-state index in [2.05, 4.69) is 41.4 Å². The fraction of sp³-hybridized carbons (Fsp3) is 0.778. The van der Waals surface area contributed by atoms with Gasteiger partial charge in [0.2, 0.25) is 0 Å². The molecule has 6 heteroatoms. The molecule has 0 bridgehead atoms. The van der Waals surface area contributed by atoms with Gasteiger partial charge in [-0.1, -0.05) is 13.8 Å². The second kappa shape index (κ2) is 9.79. The van der Waals surface area contributed by atoms with Crippen LogP contribution in [0.25, 0.3) is 0 Å². The first-order chi connectivity index (χ1) is 11.6. The molecule has 2 N–H and O–H groups in total. The van der Waals surface area contributed by atoms with Gasteiger partial charge in [-0.25, -0.2) is 0 Å². The van der Waals surface area contributed by atoms with Crippen LogP contribution in [0.3, 0.4) is 0 Å². The summed E-state index contributed by atoms with van der Waals surface area (Å²) in [6.45, 7) is 11.7. The first kappa shape index (κ1) is 18.9. The molecule has 2 rings (SSSR count). The molecule has 1 aromatic rings. The van der Waals surface area contributed by atoms with E-state index >= 15 is 0 Å². The molecule has 0 spiro atoms. The third-order valence-corrected chi connectivity index (χ3v) is 4.87. The Morgan fingerprint density at radius 2 is 2.29 bits per heavy atom. The highest BCUT2D eigenvalue weighted by Crippen LogP contribution is 2.15. The molecular weight excluding hydrogens is 302 g/mol. The molecule has 1 aliphatic rings. The monoisotopic (exact) mass is 335 g/mol. The topological polar surface area (TPSA) is 62.2 Å². The lowest BCUT2D eigenvalue weighted by molar-refractivity contribution is 0.0931. The number of carbonyl (C=O) groups is 1. The molecule has 6 nitrogen and oxygen atoms in total. The van der Waals surface area contributed by atoms with Crippen LogP contribution in [0, 0.1) is 0 Å². The Balaban J connectivity index is 1.76. The minimum atomic E-state index is -0.0622. The molecule has 2 unspecified atom stereocenters. The molecule has 0 saturated carbocycles. The van der Waals surface area contributed by atoms with Gasteiger partial charge < -0.3 is 15.5 Å². The van der Waals surface area contributed by atoms with Crippen LogP contribution in [0.1, 0.15) is 63.0 Å². The Hall–Kier alpha value is -1.40. The summed E-state index contributed by atoms with van der Waals surface area (Å²) in [5.41, 5.74) is 0.524. The first-order valence-corrected chi connectivity index (χ1v) is 9.43. The van der Waals surface area contributed by atoms with Crippen molar-refractivity contribution in [2.24, 2.45) is 0 Å². The van der Waals surface area contributed by atoms with Crippen LogP contribution in [0.5, 0.6) is 0 Å². The van der Waals surface area contributed by atoms with E-state index in [-0.39, 0.29) is 11.9 Å². The van der Waals surface area contributed by atoms with E-state index in [1.54, 1.807) is 0 Å². The Labute approximate surface area is 146 Å². The summed E-state index contributed by atoms with van der Waals surface area (Å²) in [5, 5.41) is 10.9. The minimum absolute atomic E-state index is 0.0622. The maximum absolute atomic E-state index is 12.3. The van der Waals surface area contributed by atoms with Gasteiger partial charge in [0.05, 0.1) is 6.04 Å². The zero-order chi connectivity index (χ0) is 17.4. The van der Waals surface area contributed by atoms with Crippen molar-refractivity contribution < 1.29 is 4.79 Å². The summed E-state index contributed by atoms with van der Waals surface area (Å²) in [4.78, 5) is 14.8. The van der Waals surface area contributed by atoms with E-state index in [9.17, 15) is 4.79 Å². The van der Waals surface area contributed by atoms with Crippen LogP contribution >= 0.6 is 0 Å². The highest BCUT2D eigenvalue weighted by Gasteiger charge is 2.18. The van der Waals surface area contributed by atoms with E-state index in [0.29, 0.717) is 11.7 Å². The van der Waals surface area contributed by atoms with Crippen molar-refractivity contribution in [3.63, 3.8) is 0 Å². The number of aromatic nitrogens is 2. The van der Waals surface area contributed by atoms with Gasteiger partial charge in [0.1, 0.15) is 5.69 Å². The van der Waals surface area contributed by atoms with Crippen molar-refractivity contribution in [2.45, 2.75) is 58.5 Å². The van der Waals surface area contributed by atoms with E-state index in [1.165, 1.54) is 0 Å². The van der Waals surface area contributed by atoms with Gasteiger partial charge >= 0.3 is 0 Å². The number of carbonyl (C=O) groups excluding carboxylic acids is 1. The van der Waals surface area contributed by atoms with Crippen LogP contribution in [0.15, 0.2) is 12.3 Å². The summed E-state index contributed by atoms with van der Waals surface area (Å²) >= 11 is 0. The van der Waals surface area contributed by atoms with Gasteiger partial charge in [-0.2, -0.15) is 5.10 Å². The van der Waals surface area contributed by atoms with Crippen LogP contribution < -0.4 is 10.6 Å². The van der Waals surface area contributed by atoms with Crippen LogP contribution in [0.4, 0.5) is 0 Å². The summed E-state index contributed by atoms with van der Waals surface area (Å²) in [6, 6.07) is 2.37. The van der Waals surface area contributed by atoms with Gasteiger partial charge in [0.15, 0.2) is 0 Å². The summed E-state index contributed by atoms with van der Waals surface area (Å²) in [6.07, 6.45) is 6.31. The lowest BCUT2D eigenvalue weighted by Crippen LogP contribution is -2.34. The molecule has 1 saturated heterocycles. The number of piperidine rings is 1. The van der Waals surface area contributed by atoms with Gasteiger partial charge in [-0.3, -0.25) is 9.48 Å². The molecule has 2 heterocycles. The Morgan fingerprint density at radius 1 is 1.50 bits per heavy atom. The standard InChI is InChI=1S/C18H33N5O/c1-4-22(5-2)12-7-8-15(3)20-18(24)17-10-13-23(21-17)16-9-6-11-19-14-16/h10,13,15-16,19H,4-9,11-12,14H2,1-3H3,(H,20,24). The summed E-state index contributed by atoms with van der Waals surface area (Å²) in [5.74, 6) is -0.0622. The van der Waals surface area contributed by atoms with E-state index < -0.39 is 0 Å². The number of amides is 1. The number of rotatable bonds is 9. The first-order valence-electron chi connectivity index (χ1n) is 9.43. The quantitative estimate of drug-likeness (QED) is 0.725. The normalized spacial score (nSPS) is 19.4. The average Bonchev–Trinajstić information content (AvgIpc) is 3.10. The molecule has 1 aromatic heterocycles. The third kappa shape index (κ3) is 5.60. The zero-order valence-electron chi connectivity index (χ0n) is 15.4. The van der Waals surface area contributed by atoms with Crippen molar-refractivity contribution >= 4 is 5.91 Å². The summed E-state index contributed by atoms with van der Waals surface area (Å²) < 4.78 is 1.94. The third-order valence-electron chi connectivity index (χ3n) is 4.87. The average molecular weight is 335 g/mol. The van der Waals surface area contributed by atoms with Crippen molar-refractivity contribution in [1.29, 1.82) is 0 Å². The van der Waals surface area contributed by atoms with Gasteiger partial charge in [0, 0.05) is 18.8 Å². The molecule has 24 heavy (non-hydrogen) atoms. The largest absolute Gasteiger partial charge is 0.348 e. The molecule has 0 aromatic carbocycles. The highest BCUT2D eigenvalue weighted by molar-refractivity contribution is 5.92. The predicted octanol–water partition coefficient (Wildman–Crippen LogP) is 2.05. The molecule has 1 fully saturated rings. The Bertz CT molecular complexity index is 491. The van der Waals surface area contributed by atoms with E-state index in [0.717, 1.165) is 58.4 Å². The second-order valence-corrected chi connectivity index (χ2v) is 6.72. The molecule has 136 valence electrons. The SMILES string of the molecule is CCN(CC)CCCC(C)NC(=O)c1ccn(C2CCCNC2)n1. The Morgan fingerprint density at radius 3 is 2.96 bits per heavy atom. The highest BCUT2D eigenvalue weighted by atomic mass is 16.2. The van der Waals surface area contributed by atoms with Crippen LogP contribution in [0.2, 0.25) is 0 Å². The number of hydrogen-bond acceptors (Lipinski definition) is 4. The number of nitrogens with zero attached hydrogens (tertiary/aromatic N) is 3. The molecular formula is C18H33N5O. The maximum atomic E-state index is 12.3. The fourth-order valence-corrected chi connectivity index (χ4v) is 3.25. The van der Waals surface area contributed by atoms with Crippen molar-refractivity contribution in [1.82, 2.24) is 25.3 Å². The number of hydrogen-bond donors (Lipinski definition) is 2. The lowest BCUT2D eigenvalue weighted by atomic mass is 10.1. The van der Waals surface area contributed by atoms with E-state index in [1.807, 2.05) is 16.9 Å².